The number of aromatic nitrogens is 4. The van der Waals surface area contributed by atoms with Gasteiger partial charge in [-0.3, -0.25) is 9.59 Å². The highest BCUT2D eigenvalue weighted by Crippen LogP contribution is 2.43. The number of nitrogens with zero attached hydrogens (tertiary/aromatic N) is 5. The van der Waals surface area contributed by atoms with Crippen molar-refractivity contribution in [2.45, 2.75) is 51.1 Å². The van der Waals surface area contributed by atoms with Crippen LogP contribution in [0.1, 0.15) is 48.7 Å². The molecule has 1 N–H and O–H groups in total. The van der Waals surface area contributed by atoms with E-state index in [-0.39, 0.29) is 36.7 Å². The molecule has 0 aromatic carbocycles. The molecule has 2 amide bonds. The fourth-order valence-corrected chi connectivity index (χ4v) is 4.94. The molecule has 1 saturated heterocycles. The topological polar surface area (TPSA) is 92.5 Å². The normalized spacial score (nSPS) is 20.4. The van der Waals surface area contributed by atoms with Crippen molar-refractivity contribution in [3.8, 4) is 0 Å². The smallest absolute Gasteiger partial charge is 0.226 e. The van der Waals surface area contributed by atoms with Crippen LogP contribution in [0, 0.1) is 6.92 Å². The molecule has 1 fully saturated rings. The molecular formula is C19H20N6O2S. The fourth-order valence-electron chi connectivity index (χ4n) is 4.40. The highest BCUT2D eigenvalue weighted by atomic mass is 32.1. The van der Waals surface area contributed by atoms with Crippen molar-refractivity contribution in [3.63, 3.8) is 0 Å². The van der Waals surface area contributed by atoms with Gasteiger partial charge in [-0.05, 0) is 19.8 Å². The summed E-state index contributed by atoms with van der Waals surface area (Å²) in [4.78, 5) is 35.6. The van der Waals surface area contributed by atoms with Gasteiger partial charge in [-0.15, -0.1) is 11.3 Å². The second-order valence-electron chi connectivity index (χ2n) is 7.35. The Bertz CT molecular complexity index is 1060. The van der Waals surface area contributed by atoms with E-state index in [2.05, 4.69) is 20.4 Å². The number of nitrogens with one attached hydrogen (secondary N) is 1. The van der Waals surface area contributed by atoms with Crippen molar-refractivity contribution >= 4 is 33.9 Å². The monoisotopic (exact) mass is 396 g/mol. The molecule has 8 nitrogen and oxygen atoms in total. The Morgan fingerprint density at radius 3 is 3.00 bits per heavy atom. The summed E-state index contributed by atoms with van der Waals surface area (Å²) in [5, 5.41) is 9.68. The van der Waals surface area contributed by atoms with Gasteiger partial charge in [0.05, 0.1) is 17.4 Å². The van der Waals surface area contributed by atoms with E-state index in [1.54, 1.807) is 11.6 Å². The first kappa shape index (κ1) is 17.3. The van der Waals surface area contributed by atoms with Crippen LogP contribution in [-0.4, -0.2) is 42.3 Å². The molecule has 5 rings (SSSR count). The molecule has 0 spiro atoms. The molecule has 0 aliphatic carbocycles. The van der Waals surface area contributed by atoms with Gasteiger partial charge in [-0.2, -0.15) is 5.10 Å². The lowest BCUT2D eigenvalue weighted by Gasteiger charge is -2.36. The van der Waals surface area contributed by atoms with Gasteiger partial charge in [0.2, 0.25) is 11.8 Å². The van der Waals surface area contributed by atoms with Gasteiger partial charge in [-0.1, -0.05) is 0 Å². The molecule has 2 bridgehead atoms. The van der Waals surface area contributed by atoms with Gasteiger partial charge in [0.1, 0.15) is 0 Å². The van der Waals surface area contributed by atoms with E-state index < -0.39 is 0 Å². The van der Waals surface area contributed by atoms with Gasteiger partial charge in [-0.25, -0.2) is 14.5 Å². The number of thiazole rings is 1. The van der Waals surface area contributed by atoms with Gasteiger partial charge < -0.3 is 10.2 Å². The van der Waals surface area contributed by atoms with E-state index in [1.165, 1.54) is 11.3 Å². The van der Waals surface area contributed by atoms with E-state index in [9.17, 15) is 9.59 Å². The molecule has 5 heterocycles. The maximum absolute atomic E-state index is 12.9. The van der Waals surface area contributed by atoms with Crippen molar-refractivity contribution < 1.29 is 9.59 Å². The Kier molecular flexibility index (Phi) is 4.12. The molecule has 2 atom stereocenters. The number of hydrogen-bond donors (Lipinski definition) is 1. The molecule has 2 aliphatic rings. The van der Waals surface area contributed by atoms with Crippen LogP contribution in [0.3, 0.4) is 0 Å². The lowest BCUT2D eigenvalue weighted by molar-refractivity contribution is -0.136. The highest BCUT2D eigenvalue weighted by Gasteiger charge is 2.43. The van der Waals surface area contributed by atoms with Gasteiger partial charge in [0.25, 0.3) is 0 Å². The molecule has 0 radical (unpaired) electrons. The van der Waals surface area contributed by atoms with Crippen LogP contribution < -0.4 is 5.32 Å². The maximum atomic E-state index is 12.9. The van der Waals surface area contributed by atoms with Crippen molar-refractivity contribution in [1.29, 1.82) is 0 Å². The average molecular weight is 396 g/mol. The standard InChI is InChI=1S/C19H20N6O2S/c1-11-8-16-21-10-13-14-3-2-12(9-15(13)25(16)23-11)24(14)18(27)5-4-17(26)22-19-20-6-7-28-19/h6-8,10,12,14H,2-5,9H2,1H3,(H,20,22,26)/t12-,14-/m1/s1. The van der Waals surface area contributed by atoms with E-state index in [0.717, 1.165) is 41.9 Å². The van der Waals surface area contributed by atoms with E-state index >= 15 is 0 Å². The lowest BCUT2D eigenvalue weighted by atomic mass is 9.98. The zero-order valence-corrected chi connectivity index (χ0v) is 16.3. The third-order valence-corrected chi connectivity index (χ3v) is 6.25. The summed E-state index contributed by atoms with van der Waals surface area (Å²) in [6, 6.07) is 2.17. The predicted octanol–water partition coefficient (Wildman–Crippen LogP) is 2.50. The van der Waals surface area contributed by atoms with Crippen LogP contribution in [0.2, 0.25) is 0 Å². The summed E-state index contributed by atoms with van der Waals surface area (Å²) in [5.74, 6) is -0.146. The third kappa shape index (κ3) is 2.86. The van der Waals surface area contributed by atoms with Crippen molar-refractivity contribution in [1.82, 2.24) is 24.5 Å². The zero-order valence-electron chi connectivity index (χ0n) is 15.5. The molecule has 3 aromatic rings. The Morgan fingerprint density at radius 1 is 1.29 bits per heavy atom. The Morgan fingerprint density at radius 2 is 2.18 bits per heavy atom. The molecule has 3 aromatic heterocycles. The average Bonchev–Trinajstić information content (AvgIpc) is 3.38. The number of carbonyl (C=O) groups is 2. The van der Waals surface area contributed by atoms with Crippen LogP contribution in [0.4, 0.5) is 5.13 Å². The number of hydrogen-bond acceptors (Lipinski definition) is 6. The quantitative estimate of drug-likeness (QED) is 0.731. The van der Waals surface area contributed by atoms with Crippen molar-refractivity contribution in [2.75, 3.05) is 5.32 Å². The SMILES string of the molecule is Cc1cc2ncc3c(n2n1)C[C@H]1CC[C@H]3N1C(=O)CCC(=O)Nc1nccs1. The third-order valence-electron chi connectivity index (χ3n) is 5.56. The molecule has 144 valence electrons. The summed E-state index contributed by atoms with van der Waals surface area (Å²) in [6.07, 6.45) is 6.59. The van der Waals surface area contributed by atoms with Crippen LogP contribution in [0.25, 0.3) is 5.65 Å². The van der Waals surface area contributed by atoms with Gasteiger partial charge >= 0.3 is 0 Å². The van der Waals surface area contributed by atoms with Gasteiger partial charge in [0.15, 0.2) is 10.8 Å². The summed E-state index contributed by atoms with van der Waals surface area (Å²) < 4.78 is 1.93. The zero-order chi connectivity index (χ0) is 19.3. The number of anilines is 1. The molecule has 9 heteroatoms. The van der Waals surface area contributed by atoms with Crippen molar-refractivity contribution in [3.05, 3.63) is 40.8 Å². The molecule has 0 unspecified atom stereocenters. The number of amides is 2. The summed E-state index contributed by atoms with van der Waals surface area (Å²) in [6.45, 7) is 1.96. The minimum absolute atomic E-state index is 0.0316. The van der Waals surface area contributed by atoms with E-state index in [0.29, 0.717) is 5.13 Å². The molecular weight excluding hydrogens is 376 g/mol. The first-order valence-electron chi connectivity index (χ1n) is 9.45. The van der Waals surface area contributed by atoms with Crippen LogP contribution in [0.5, 0.6) is 0 Å². The second-order valence-corrected chi connectivity index (χ2v) is 8.25. The predicted molar refractivity (Wildman–Crippen MR) is 104 cm³/mol. The number of carbonyl (C=O) groups excluding carboxylic acids is 2. The van der Waals surface area contributed by atoms with Gasteiger partial charge in [0, 0.05) is 54.7 Å². The first-order chi connectivity index (χ1) is 13.6. The second kappa shape index (κ2) is 6.66. The molecule has 28 heavy (non-hydrogen) atoms. The Balaban J connectivity index is 1.32. The number of fused-ring (bicyclic) bond motifs is 6. The lowest BCUT2D eigenvalue weighted by Crippen LogP contribution is -2.42. The summed E-state index contributed by atoms with van der Waals surface area (Å²) >= 11 is 1.37. The van der Waals surface area contributed by atoms with Crippen LogP contribution in [-0.2, 0) is 16.0 Å². The summed E-state index contributed by atoms with van der Waals surface area (Å²) in [5.41, 5.74) is 4.05. The number of aryl methyl sites for hydroxylation is 1. The fraction of sp³-hybridized carbons (Fsp3) is 0.421. The Labute approximate surface area is 165 Å². The summed E-state index contributed by atoms with van der Waals surface area (Å²) in [7, 11) is 0. The minimum Gasteiger partial charge on any atom is -0.332 e. The van der Waals surface area contributed by atoms with Crippen LogP contribution in [0.15, 0.2) is 23.8 Å². The van der Waals surface area contributed by atoms with Crippen LogP contribution >= 0.6 is 11.3 Å². The highest BCUT2D eigenvalue weighted by molar-refractivity contribution is 7.13. The molecule has 2 aliphatic heterocycles. The minimum atomic E-state index is -0.177. The van der Waals surface area contributed by atoms with Crippen molar-refractivity contribution in [2.24, 2.45) is 0 Å². The van der Waals surface area contributed by atoms with E-state index in [1.807, 2.05) is 28.6 Å². The largest absolute Gasteiger partial charge is 0.332 e. The number of rotatable bonds is 4. The maximum Gasteiger partial charge on any atom is 0.226 e. The first-order valence-corrected chi connectivity index (χ1v) is 10.3. The van der Waals surface area contributed by atoms with E-state index in [4.69, 9.17) is 0 Å². The Hall–Kier alpha value is -2.81. The molecule has 0 saturated carbocycles.